The Labute approximate surface area is 154 Å². The molecule has 3 aliphatic heterocycles. The van der Waals surface area contributed by atoms with Crippen molar-refractivity contribution in [1.29, 1.82) is 0 Å². The third-order valence-electron chi connectivity index (χ3n) is 5.48. The summed E-state index contributed by atoms with van der Waals surface area (Å²) in [5, 5.41) is 0. The number of rotatable bonds is 4. The largest absolute Gasteiger partial charge is 0.378 e. The van der Waals surface area contributed by atoms with Crippen LogP contribution < -0.4 is 4.90 Å². The lowest BCUT2D eigenvalue weighted by Crippen LogP contribution is -2.50. The number of hydrogen-bond acceptors (Lipinski definition) is 6. The summed E-state index contributed by atoms with van der Waals surface area (Å²) in [6.45, 7) is 8.47. The third-order valence-corrected chi connectivity index (χ3v) is 5.48. The maximum absolute atomic E-state index is 12.7. The van der Waals surface area contributed by atoms with E-state index in [1.807, 2.05) is 17.0 Å². The first-order chi connectivity index (χ1) is 12.8. The van der Waals surface area contributed by atoms with Gasteiger partial charge in [-0.25, -0.2) is 4.98 Å². The number of amides is 1. The van der Waals surface area contributed by atoms with Crippen molar-refractivity contribution in [2.45, 2.75) is 18.9 Å². The van der Waals surface area contributed by atoms with E-state index in [1.165, 1.54) is 12.8 Å². The van der Waals surface area contributed by atoms with Crippen LogP contribution in [0.2, 0.25) is 0 Å². The first kappa shape index (κ1) is 17.7. The Morgan fingerprint density at radius 2 is 1.88 bits per heavy atom. The minimum absolute atomic E-state index is 0.0859. The normalized spacial score (nSPS) is 24.8. The van der Waals surface area contributed by atoms with Gasteiger partial charge in [0.2, 0.25) is 0 Å². The highest BCUT2D eigenvalue weighted by Gasteiger charge is 2.25. The average Bonchev–Trinajstić information content (AvgIpc) is 3.22. The summed E-state index contributed by atoms with van der Waals surface area (Å²) in [6.07, 6.45) is 4.44. The molecule has 0 radical (unpaired) electrons. The van der Waals surface area contributed by atoms with E-state index in [0.717, 1.165) is 71.5 Å². The van der Waals surface area contributed by atoms with E-state index in [0.29, 0.717) is 11.7 Å². The van der Waals surface area contributed by atoms with Gasteiger partial charge in [0.15, 0.2) is 0 Å². The predicted octanol–water partition coefficient (Wildman–Crippen LogP) is 0.855. The van der Waals surface area contributed by atoms with Crippen LogP contribution in [0.1, 0.15) is 23.2 Å². The lowest BCUT2D eigenvalue weighted by Gasteiger charge is -2.35. The van der Waals surface area contributed by atoms with Crippen LogP contribution in [0.25, 0.3) is 0 Å². The Morgan fingerprint density at radius 3 is 2.54 bits per heavy atom. The van der Waals surface area contributed by atoms with Gasteiger partial charge >= 0.3 is 0 Å². The molecule has 0 aromatic carbocycles. The summed E-state index contributed by atoms with van der Waals surface area (Å²) < 4.78 is 11.1. The molecular weight excluding hydrogens is 332 g/mol. The lowest BCUT2D eigenvalue weighted by atomic mass is 10.2. The Morgan fingerprint density at radius 1 is 1.08 bits per heavy atom. The number of aromatic nitrogens is 1. The highest BCUT2D eigenvalue weighted by Crippen LogP contribution is 2.17. The summed E-state index contributed by atoms with van der Waals surface area (Å²) in [6, 6.07) is 3.85. The number of carbonyl (C=O) groups excluding carboxylic acids is 1. The summed E-state index contributed by atoms with van der Waals surface area (Å²) in [7, 11) is 0. The molecule has 0 N–H and O–H groups in total. The number of anilines is 1. The quantitative estimate of drug-likeness (QED) is 0.794. The first-order valence-electron chi connectivity index (χ1n) is 9.71. The minimum Gasteiger partial charge on any atom is -0.378 e. The minimum atomic E-state index is 0.0859. The van der Waals surface area contributed by atoms with Crippen molar-refractivity contribution in [2.75, 3.05) is 70.5 Å². The Hall–Kier alpha value is -1.70. The average molecular weight is 360 g/mol. The molecule has 1 aromatic rings. The molecule has 1 atom stereocenters. The molecule has 0 aliphatic carbocycles. The molecule has 7 heteroatoms. The number of ether oxygens (including phenoxy) is 2. The van der Waals surface area contributed by atoms with Crippen LogP contribution in [-0.2, 0) is 9.47 Å². The van der Waals surface area contributed by atoms with Crippen LogP contribution >= 0.6 is 0 Å². The van der Waals surface area contributed by atoms with Gasteiger partial charge in [-0.3, -0.25) is 9.69 Å². The first-order valence-corrected chi connectivity index (χ1v) is 9.71. The summed E-state index contributed by atoms with van der Waals surface area (Å²) in [5.41, 5.74) is 0.676. The molecule has 3 aliphatic rings. The van der Waals surface area contributed by atoms with Gasteiger partial charge in [-0.05, 0) is 25.0 Å². The monoisotopic (exact) mass is 360 g/mol. The Balaban J connectivity index is 1.29. The standard InChI is InChI=1S/C19H28N4O3/c24-19(16-3-4-18(20-14-16)22-9-12-25-13-10-22)23-7-5-21(6-8-23)15-17-2-1-11-26-17/h3-4,14,17H,1-2,5-13,15H2. The maximum Gasteiger partial charge on any atom is 0.255 e. The van der Waals surface area contributed by atoms with Crippen LogP contribution in [-0.4, -0.2) is 92.4 Å². The van der Waals surface area contributed by atoms with Crippen LogP contribution in [0.3, 0.4) is 0 Å². The molecule has 0 bridgehead atoms. The van der Waals surface area contributed by atoms with Crippen LogP contribution in [0.4, 0.5) is 5.82 Å². The fraction of sp³-hybridized carbons (Fsp3) is 0.684. The van der Waals surface area contributed by atoms with Gasteiger partial charge in [-0.1, -0.05) is 0 Å². The van der Waals surface area contributed by atoms with Gasteiger partial charge < -0.3 is 19.3 Å². The molecule has 7 nitrogen and oxygen atoms in total. The summed E-state index contributed by atoms with van der Waals surface area (Å²) in [4.78, 5) is 23.8. The van der Waals surface area contributed by atoms with Crippen molar-refractivity contribution in [1.82, 2.24) is 14.8 Å². The van der Waals surface area contributed by atoms with E-state index in [9.17, 15) is 4.79 Å². The smallest absolute Gasteiger partial charge is 0.255 e. The molecule has 0 spiro atoms. The number of carbonyl (C=O) groups is 1. The highest BCUT2D eigenvalue weighted by molar-refractivity contribution is 5.94. The number of morpholine rings is 1. The summed E-state index contributed by atoms with van der Waals surface area (Å²) in [5.74, 6) is 1.01. The van der Waals surface area contributed by atoms with Gasteiger partial charge in [0, 0.05) is 58.6 Å². The molecule has 3 fully saturated rings. The SMILES string of the molecule is O=C(c1ccc(N2CCOCC2)nc1)N1CCN(CC2CCCO2)CC1. The molecule has 4 rings (SSSR count). The molecule has 0 saturated carbocycles. The molecule has 26 heavy (non-hydrogen) atoms. The van der Waals surface area contributed by atoms with Crippen LogP contribution in [0.5, 0.6) is 0 Å². The Bertz CT molecular complexity index is 589. The zero-order valence-corrected chi connectivity index (χ0v) is 15.3. The highest BCUT2D eigenvalue weighted by atomic mass is 16.5. The topological polar surface area (TPSA) is 58.1 Å². The fourth-order valence-corrected chi connectivity index (χ4v) is 3.88. The number of nitrogens with zero attached hydrogens (tertiary/aromatic N) is 4. The molecule has 1 amide bonds. The van der Waals surface area contributed by atoms with Crippen LogP contribution in [0.15, 0.2) is 18.3 Å². The van der Waals surface area contributed by atoms with E-state index >= 15 is 0 Å². The maximum atomic E-state index is 12.7. The van der Waals surface area contributed by atoms with Crippen molar-refractivity contribution in [3.05, 3.63) is 23.9 Å². The van der Waals surface area contributed by atoms with E-state index in [1.54, 1.807) is 6.20 Å². The third kappa shape index (κ3) is 4.16. The van der Waals surface area contributed by atoms with Gasteiger partial charge in [0.25, 0.3) is 5.91 Å². The second-order valence-corrected chi connectivity index (χ2v) is 7.23. The van der Waals surface area contributed by atoms with Gasteiger partial charge in [0.05, 0.1) is 24.9 Å². The van der Waals surface area contributed by atoms with Crippen molar-refractivity contribution in [2.24, 2.45) is 0 Å². The van der Waals surface area contributed by atoms with E-state index < -0.39 is 0 Å². The lowest BCUT2D eigenvalue weighted by molar-refractivity contribution is 0.0432. The van der Waals surface area contributed by atoms with E-state index in [2.05, 4.69) is 14.8 Å². The van der Waals surface area contributed by atoms with Crippen LogP contribution in [0, 0.1) is 0 Å². The van der Waals surface area contributed by atoms with Gasteiger partial charge in [0.1, 0.15) is 5.82 Å². The number of hydrogen-bond donors (Lipinski definition) is 0. The number of piperazine rings is 1. The molecule has 4 heterocycles. The Kier molecular flexibility index (Phi) is 5.67. The van der Waals surface area contributed by atoms with Gasteiger partial charge in [-0.15, -0.1) is 0 Å². The molecule has 3 saturated heterocycles. The zero-order chi connectivity index (χ0) is 17.8. The van der Waals surface area contributed by atoms with E-state index in [-0.39, 0.29) is 5.91 Å². The van der Waals surface area contributed by atoms with Crippen molar-refractivity contribution in [3.8, 4) is 0 Å². The predicted molar refractivity (Wildman–Crippen MR) is 98.6 cm³/mol. The van der Waals surface area contributed by atoms with Gasteiger partial charge in [-0.2, -0.15) is 0 Å². The molecule has 142 valence electrons. The molecule has 1 aromatic heterocycles. The fourth-order valence-electron chi connectivity index (χ4n) is 3.88. The summed E-state index contributed by atoms with van der Waals surface area (Å²) >= 11 is 0. The van der Waals surface area contributed by atoms with Crippen molar-refractivity contribution in [3.63, 3.8) is 0 Å². The second-order valence-electron chi connectivity index (χ2n) is 7.23. The zero-order valence-electron chi connectivity index (χ0n) is 15.3. The second kappa shape index (κ2) is 8.33. The molecule has 1 unspecified atom stereocenters. The number of pyridine rings is 1. The van der Waals surface area contributed by atoms with Crippen molar-refractivity contribution < 1.29 is 14.3 Å². The molecular formula is C19H28N4O3. The van der Waals surface area contributed by atoms with Crippen molar-refractivity contribution >= 4 is 11.7 Å². The van der Waals surface area contributed by atoms with E-state index in [4.69, 9.17) is 9.47 Å².